The van der Waals surface area contributed by atoms with E-state index in [9.17, 15) is 4.79 Å². The van der Waals surface area contributed by atoms with E-state index in [0.29, 0.717) is 18.6 Å². The fourth-order valence-electron chi connectivity index (χ4n) is 3.11. The average Bonchev–Trinajstić information content (AvgIpc) is 2.65. The van der Waals surface area contributed by atoms with Gasteiger partial charge in [0.1, 0.15) is 5.69 Å². The Morgan fingerprint density at radius 2 is 2.00 bits per heavy atom. The molecule has 1 saturated carbocycles. The molecule has 0 bridgehead atoms. The largest absolute Gasteiger partial charge is 0.450 e. The summed E-state index contributed by atoms with van der Waals surface area (Å²) in [7, 11) is 0. The molecule has 1 amide bonds. The molecule has 1 fully saturated rings. The Morgan fingerprint density at radius 3 is 2.65 bits per heavy atom. The third kappa shape index (κ3) is 5.89. The predicted molar refractivity (Wildman–Crippen MR) is 105 cm³/mol. The minimum Gasteiger partial charge on any atom is -0.450 e. The first-order valence-electron chi connectivity index (χ1n) is 9.66. The molecule has 0 atom stereocenters. The zero-order valence-electron chi connectivity index (χ0n) is 16.1. The van der Waals surface area contributed by atoms with Crippen molar-refractivity contribution in [1.82, 2.24) is 15.2 Å². The Balaban J connectivity index is 2.24. The topological polar surface area (TPSA) is 78.8 Å². The number of guanidine groups is 1. The number of hydrogen-bond donors (Lipinski definition) is 2. The Bertz CT molecular complexity index is 595. The lowest BCUT2D eigenvalue weighted by Gasteiger charge is -2.25. The molecule has 26 heavy (non-hydrogen) atoms. The predicted octanol–water partition coefficient (Wildman–Crippen LogP) is 3.90. The zero-order valence-corrected chi connectivity index (χ0v) is 16.1. The summed E-state index contributed by atoms with van der Waals surface area (Å²) in [6.07, 6.45) is 7.38. The van der Waals surface area contributed by atoms with Crippen molar-refractivity contribution in [1.29, 1.82) is 0 Å². The van der Waals surface area contributed by atoms with Crippen LogP contribution in [0, 0.1) is 0 Å². The van der Waals surface area contributed by atoms with Crippen molar-refractivity contribution in [3.05, 3.63) is 18.3 Å². The van der Waals surface area contributed by atoms with Crippen LogP contribution in [0.5, 0.6) is 0 Å². The highest BCUT2D eigenvalue weighted by Gasteiger charge is 2.17. The number of anilines is 1. The van der Waals surface area contributed by atoms with Crippen LogP contribution in [0.25, 0.3) is 0 Å². The summed E-state index contributed by atoms with van der Waals surface area (Å²) in [5.41, 5.74) is 0.719. The van der Waals surface area contributed by atoms with Gasteiger partial charge < -0.3 is 15.0 Å². The molecule has 0 radical (unpaired) electrons. The highest BCUT2D eigenvalue weighted by Crippen LogP contribution is 2.27. The highest BCUT2D eigenvalue weighted by molar-refractivity contribution is 5.95. The molecule has 2 N–H and O–H groups in total. The van der Waals surface area contributed by atoms with Gasteiger partial charge in [0.05, 0.1) is 6.61 Å². The van der Waals surface area contributed by atoms with E-state index < -0.39 is 6.09 Å². The van der Waals surface area contributed by atoms with Crippen LogP contribution in [0.4, 0.5) is 16.3 Å². The van der Waals surface area contributed by atoms with Gasteiger partial charge in [-0.3, -0.25) is 5.32 Å². The van der Waals surface area contributed by atoms with E-state index in [1.165, 1.54) is 19.3 Å². The Kier molecular flexibility index (Phi) is 8.18. The molecule has 0 saturated heterocycles. The van der Waals surface area contributed by atoms with Crippen LogP contribution in [-0.2, 0) is 4.74 Å². The number of nitrogens with one attached hydrogen (secondary N) is 2. The Morgan fingerprint density at radius 1 is 1.27 bits per heavy atom. The second-order valence-corrected chi connectivity index (χ2v) is 6.30. The van der Waals surface area contributed by atoms with Crippen LogP contribution in [0.1, 0.15) is 52.9 Å². The second-order valence-electron chi connectivity index (χ2n) is 6.30. The van der Waals surface area contributed by atoms with Gasteiger partial charge >= 0.3 is 6.09 Å². The number of alkyl carbamates (subject to hydrolysis) is 1. The van der Waals surface area contributed by atoms with Crippen LogP contribution in [0.15, 0.2) is 23.3 Å². The number of hydrogen-bond acceptors (Lipinski definition) is 5. The quantitative estimate of drug-likeness (QED) is 0.593. The fourth-order valence-corrected chi connectivity index (χ4v) is 3.11. The molecule has 1 aliphatic carbocycles. The number of amides is 1. The minimum atomic E-state index is -0.496. The molecule has 1 aromatic rings. The van der Waals surface area contributed by atoms with Crippen LogP contribution >= 0.6 is 0 Å². The van der Waals surface area contributed by atoms with Crippen molar-refractivity contribution >= 4 is 23.6 Å². The molecule has 0 unspecified atom stereocenters. The van der Waals surface area contributed by atoms with Gasteiger partial charge in [-0.15, -0.1) is 0 Å². The highest BCUT2D eigenvalue weighted by atomic mass is 16.5. The molecule has 144 valence electrons. The monoisotopic (exact) mass is 361 g/mol. The van der Waals surface area contributed by atoms with Crippen LogP contribution in [0.2, 0.25) is 0 Å². The fraction of sp³-hybridized carbons (Fsp3) is 0.632. The maximum Gasteiger partial charge on any atom is 0.413 e. The molecule has 0 spiro atoms. The molecule has 0 aromatic carbocycles. The molecule has 0 aliphatic heterocycles. The molecule has 7 heteroatoms. The van der Waals surface area contributed by atoms with Gasteiger partial charge in [0.15, 0.2) is 5.82 Å². The number of rotatable bonds is 6. The summed E-state index contributed by atoms with van der Waals surface area (Å²) >= 11 is 0. The molecule has 1 aromatic heterocycles. The SMILES string of the molecule is CCOC(=O)NC(=Nc1cccnc1NC1CCCCC1)N(CC)CC. The van der Waals surface area contributed by atoms with Gasteiger partial charge in [-0.25, -0.2) is 14.8 Å². The summed E-state index contributed by atoms with van der Waals surface area (Å²) in [4.78, 5) is 23.1. The van der Waals surface area contributed by atoms with E-state index in [1.807, 2.05) is 30.9 Å². The standard InChI is InChI=1S/C19H31N5O2/c1-4-24(5-2)18(23-19(25)26-6-3)22-16-13-10-14-20-17(16)21-15-11-8-7-9-12-15/h10,13-15H,4-9,11-12H2,1-3H3,(H,20,21)(H,22,23,25). The van der Waals surface area contributed by atoms with Crippen molar-refractivity contribution < 1.29 is 9.53 Å². The van der Waals surface area contributed by atoms with Gasteiger partial charge in [0.2, 0.25) is 5.96 Å². The number of pyridine rings is 1. The number of carbonyl (C=O) groups is 1. The van der Waals surface area contributed by atoms with Crippen LogP contribution < -0.4 is 10.6 Å². The minimum absolute atomic E-state index is 0.318. The average molecular weight is 361 g/mol. The molecule has 2 rings (SSSR count). The van der Waals surface area contributed by atoms with Crippen molar-refractivity contribution in [2.45, 2.75) is 58.9 Å². The Labute approximate surface area is 156 Å². The molecule has 7 nitrogen and oxygen atoms in total. The van der Waals surface area contributed by atoms with Crippen molar-refractivity contribution in [2.24, 2.45) is 4.99 Å². The lowest BCUT2D eigenvalue weighted by Crippen LogP contribution is -2.44. The summed E-state index contributed by atoms with van der Waals surface area (Å²) < 4.78 is 5.01. The van der Waals surface area contributed by atoms with E-state index in [1.54, 1.807) is 13.1 Å². The van der Waals surface area contributed by atoms with E-state index in [0.717, 1.165) is 37.4 Å². The van der Waals surface area contributed by atoms with Crippen LogP contribution in [0.3, 0.4) is 0 Å². The molecular formula is C19H31N5O2. The first kappa shape index (κ1) is 20.0. The van der Waals surface area contributed by atoms with E-state index in [-0.39, 0.29) is 0 Å². The summed E-state index contributed by atoms with van der Waals surface area (Å²) in [6.45, 7) is 7.60. The number of aromatic nitrogens is 1. The third-order valence-electron chi connectivity index (χ3n) is 4.51. The van der Waals surface area contributed by atoms with Crippen molar-refractivity contribution in [3.8, 4) is 0 Å². The summed E-state index contributed by atoms with van der Waals surface area (Å²) in [5.74, 6) is 1.24. The number of ether oxygens (including phenoxy) is 1. The number of aliphatic imine (C=N–C) groups is 1. The number of nitrogens with zero attached hydrogens (tertiary/aromatic N) is 3. The lowest BCUT2D eigenvalue weighted by atomic mass is 9.95. The van der Waals surface area contributed by atoms with Gasteiger partial charge in [-0.1, -0.05) is 19.3 Å². The third-order valence-corrected chi connectivity index (χ3v) is 4.51. The molecular weight excluding hydrogens is 330 g/mol. The first-order valence-corrected chi connectivity index (χ1v) is 9.66. The van der Waals surface area contributed by atoms with Gasteiger partial charge in [0.25, 0.3) is 0 Å². The number of carbonyl (C=O) groups excluding carboxylic acids is 1. The maximum absolute atomic E-state index is 11.9. The Hall–Kier alpha value is -2.31. The van der Waals surface area contributed by atoms with Crippen LogP contribution in [-0.4, -0.2) is 47.7 Å². The lowest BCUT2D eigenvalue weighted by molar-refractivity contribution is 0.156. The van der Waals surface area contributed by atoms with Gasteiger partial charge in [0, 0.05) is 25.3 Å². The summed E-state index contributed by atoms with van der Waals surface area (Å²) in [5, 5.41) is 6.29. The van der Waals surface area contributed by atoms with E-state index in [2.05, 4.69) is 15.6 Å². The smallest absolute Gasteiger partial charge is 0.413 e. The van der Waals surface area contributed by atoms with Crippen molar-refractivity contribution in [3.63, 3.8) is 0 Å². The van der Waals surface area contributed by atoms with E-state index in [4.69, 9.17) is 9.73 Å². The van der Waals surface area contributed by atoms with Crippen molar-refractivity contribution in [2.75, 3.05) is 25.0 Å². The van der Waals surface area contributed by atoms with E-state index >= 15 is 0 Å². The normalized spacial score (nSPS) is 15.4. The second kappa shape index (κ2) is 10.6. The van der Waals surface area contributed by atoms with Gasteiger partial charge in [-0.2, -0.15) is 0 Å². The molecule has 1 aliphatic rings. The van der Waals surface area contributed by atoms with Gasteiger partial charge in [-0.05, 0) is 45.7 Å². The molecule has 1 heterocycles. The zero-order chi connectivity index (χ0) is 18.8. The summed E-state index contributed by atoms with van der Waals surface area (Å²) in [6, 6.07) is 4.20. The maximum atomic E-state index is 11.9. The first-order chi connectivity index (χ1) is 12.7.